The Morgan fingerprint density at radius 3 is 2.71 bits per heavy atom. The molecule has 0 bridgehead atoms. The molecule has 8 heteroatoms. The van der Waals surface area contributed by atoms with Crippen LogP contribution in [0.2, 0.25) is 0 Å². The van der Waals surface area contributed by atoms with Crippen molar-refractivity contribution in [3.63, 3.8) is 0 Å². The number of nitrogens with one attached hydrogen (secondary N) is 2. The first-order valence-corrected chi connectivity index (χ1v) is 10.3. The van der Waals surface area contributed by atoms with E-state index in [0.717, 1.165) is 39.5 Å². The number of rotatable bonds is 7. The number of hydrogen-bond donors (Lipinski definition) is 2. The fourth-order valence-corrected chi connectivity index (χ4v) is 3.75. The monoisotopic (exact) mass is 423 g/mol. The number of nitrogens with zero attached hydrogens (tertiary/aromatic N) is 1. The third kappa shape index (κ3) is 4.47. The average molecular weight is 423 g/mol. The molecule has 31 heavy (non-hydrogen) atoms. The highest BCUT2D eigenvalue weighted by Crippen LogP contribution is 2.35. The third-order valence-electron chi connectivity index (χ3n) is 5.31. The lowest BCUT2D eigenvalue weighted by atomic mass is 10.1. The molecule has 4 rings (SSSR count). The standard InChI is InChI=1S/C23H25N3O5/c1-3-30-19-9-17-8-14(2)31-20(17)10-18(19)11-24-22(28)16-6-4-15(5-7-16)13-26-21(27)12-25-23(26)29/h4-7,9-10,14H,3,8,11-13H2,1-2H3,(H,24,28)(H,25,29). The summed E-state index contributed by atoms with van der Waals surface area (Å²) in [6, 6.07) is 10.4. The van der Waals surface area contributed by atoms with Crippen LogP contribution in [0.5, 0.6) is 11.5 Å². The molecule has 1 unspecified atom stereocenters. The molecule has 2 aromatic carbocycles. The highest BCUT2D eigenvalue weighted by molar-refractivity contribution is 6.01. The van der Waals surface area contributed by atoms with E-state index in [-0.39, 0.29) is 31.0 Å². The number of benzene rings is 2. The van der Waals surface area contributed by atoms with Crippen LogP contribution in [0.1, 0.15) is 40.9 Å². The Labute approximate surface area is 180 Å². The van der Waals surface area contributed by atoms with Crippen LogP contribution >= 0.6 is 0 Å². The Kier molecular flexibility index (Phi) is 5.79. The van der Waals surface area contributed by atoms with E-state index in [1.807, 2.05) is 26.0 Å². The van der Waals surface area contributed by atoms with Gasteiger partial charge >= 0.3 is 6.03 Å². The fraction of sp³-hybridized carbons (Fsp3) is 0.348. The highest BCUT2D eigenvalue weighted by Gasteiger charge is 2.28. The van der Waals surface area contributed by atoms with Gasteiger partial charge in [-0.25, -0.2) is 4.79 Å². The molecule has 1 fully saturated rings. The van der Waals surface area contributed by atoms with Gasteiger partial charge < -0.3 is 20.1 Å². The van der Waals surface area contributed by atoms with Gasteiger partial charge in [0, 0.05) is 29.7 Å². The minimum atomic E-state index is -0.398. The first-order valence-electron chi connectivity index (χ1n) is 10.3. The average Bonchev–Trinajstić information content (AvgIpc) is 3.27. The van der Waals surface area contributed by atoms with Crippen molar-refractivity contribution >= 4 is 17.8 Å². The summed E-state index contributed by atoms with van der Waals surface area (Å²) < 4.78 is 11.6. The van der Waals surface area contributed by atoms with Crippen LogP contribution in [-0.2, 0) is 24.3 Å². The van der Waals surface area contributed by atoms with Gasteiger partial charge in [-0.15, -0.1) is 0 Å². The molecule has 0 spiro atoms. The maximum Gasteiger partial charge on any atom is 0.324 e. The van der Waals surface area contributed by atoms with E-state index in [0.29, 0.717) is 18.7 Å². The minimum Gasteiger partial charge on any atom is -0.494 e. The van der Waals surface area contributed by atoms with Crippen LogP contribution in [0, 0.1) is 0 Å². The summed E-state index contributed by atoms with van der Waals surface area (Å²) in [5, 5.41) is 5.41. The summed E-state index contributed by atoms with van der Waals surface area (Å²) in [6.07, 6.45) is 0.980. The molecule has 4 amide bonds. The van der Waals surface area contributed by atoms with Crippen molar-refractivity contribution < 1.29 is 23.9 Å². The molecule has 2 aliphatic rings. The second-order valence-corrected chi connectivity index (χ2v) is 7.65. The summed E-state index contributed by atoms with van der Waals surface area (Å²) in [5.41, 5.74) is 3.24. The molecule has 0 radical (unpaired) electrons. The van der Waals surface area contributed by atoms with Gasteiger partial charge in [-0.3, -0.25) is 14.5 Å². The van der Waals surface area contributed by atoms with Crippen molar-refractivity contribution in [3.05, 3.63) is 58.7 Å². The highest BCUT2D eigenvalue weighted by atomic mass is 16.5. The second-order valence-electron chi connectivity index (χ2n) is 7.65. The molecule has 0 aromatic heterocycles. The van der Waals surface area contributed by atoms with Crippen LogP contribution in [0.25, 0.3) is 0 Å². The van der Waals surface area contributed by atoms with Crippen molar-refractivity contribution in [1.82, 2.24) is 15.5 Å². The molecule has 1 atom stereocenters. The van der Waals surface area contributed by atoms with E-state index in [1.165, 1.54) is 0 Å². The van der Waals surface area contributed by atoms with Gasteiger partial charge in [0.1, 0.15) is 17.6 Å². The lowest BCUT2D eigenvalue weighted by Crippen LogP contribution is -2.30. The van der Waals surface area contributed by atoms with Crippen LogP contribution in [0.15, 0.2) is 36.4 Å². The Morgan fingerprint density at radius 1 is 1.26 bits per heavy atom. The van der Waals surface area contributed by atoms with Crippen molar-refractivity contribution in [2.45, 2.75) is 39.5 Å². The Bertz CT molecular complexity index is 1000. The number of amides is 4. The molecule has 2 N–H and O–H groups in total. The summed E-state index contributed by atoms with van der Waals surface area (Å²) in [4.78, 5) is 37.1. The van der Waals surface area contributed by atoms with Gasteiger partial charge in [0.15, 0.2) is 0 Å². The van der Waals surface area contributed by atoms with Crippen LogP contribution in [0.3, 0.4) is 0 Å². The van der Waals surface area contributed by atoms with Crippen molar-refractivity contribution in [3.8, 4) is 11.5 Å². The van der Waals surface area contributed by atoms with Crippen molar-refractivity contribution in [2.75, 3.05) is 13.2 Å². The van der Waals surface area contributed by atoms with E-state index < -0.39 is 6.03 Å². The largest absolute Gasteiger partial charge is 0.494 e. The number of urea groups is 1. The number of fused-ring (bicyclic) bond motifs is 1. The molecule has 162 valence electrons. The number of carbonyl (C=O) groups is 3. The topological polar surface area (TPSA) is 97.0 Å². The van der Waals surface area contributed by atoms with E-state index in [1.54, 1.807) is 24.3 Å². The molecule has 0 saturated carbocycles. The van der Waals surface area contributed by atoms with Crippen LogP contribution < -0.4 is 20.1 Å². The zero-order valence-electron chi connectivity index (χ0n) is 17.6. The van der Waals surface area contributed by atoms with Crippen LogP contribution in [-0.4, -0.2) is 42.0 Å². The van der Waals surface area contributed by atoms with Gasteiger partial charge in [-0.05, 0) is 43.7 Å². The normalized spacial score (nSPS) is 17.2. The summed E-state index contributed by atoms with van der Waals surface area (Å²) in [7, 11) is 0. The lowest BCUT2D eigenvalue weighted by Gasteiger charge is -2.14. The van der Waals surface area contributed by atoms with Crippen LogP contribution in [0.4, 0.5) is 4.79 Å². The first kappa shape index (κ1) is 20.7. The molecule has 0 aliphatic carbocycles. The van der Waals surface area contributed by atoms with Gasteiger partial charge in [0.2, 0.25) is 5.91 Å². The van der Waals surface area contributed by atoms with Crippen molar-refractivity contribution in [1.29, 1.82) is 0 Å². The smallest absolute Gasteiger partial charge is 0.324 e. The zero-order valence-corrected chi connectivity index (χ0v) is 17.6. The zero-order chi connectivity index (χ0) is 22.0. The summed E-state index contributed by atoms with van der Waals surface area (Å²) in [6.45, 7) is 5.00. The van der Waals surface area contributed by atoms with E-state index in [2.05, 4.69) is 10.6 Å². The predicted octanol–water partition coefficient (Wildman–Crippen LogP) is 2.39. The number of imide groups is 1. The molecular formula is C23H25N3O5. The minimum absolute atomic E-state index is 0.0235. The van der Waals surface area contributed by atoms with Gasteiger partial charge in [-0.1, -0.05) is 12.1 Å². The molecule has 1 saturated heterocycles. The van der Waals surface area contributed by atoms with E-state index in [9.17, 15) is 14.4 Å². The SMILES string of the molecule is CCOc1cc2c(cc1CNC(=O)c1ccc(CN3C(=O)CNC3=O)cc1)OC(C)C2. The van der Waals surface area contributed by atoms with Gasteiger partial charge in [-0.2, -0.15) is 0 Å². The molecule has 2 heterocycles. The van der Waals surface area contributed by atoms with E-state index in [4.69, 9.17) is 9.47 Å². The maximum atomic E-state index is 12.6. The summed E-state index contributed by atoms with van der Waals surface area (Å²) in [5.74, 6) is 1.11. The second kappa shape index (κ2) is 8.67. The van der Waals surface area contributed by atoms with Gasteiger partial charge in [0.05, 0.1) is 19.7 Å². The third-order valence-corrected chi connectivity index (χ3v) is 5.31. The number of carbonyl (C=O) groups excluding carboxylic acids is 3. The Hall–Kier alpha value is -3.55. The van der Waals surface area contributed by atoms with E-state index >= 15 is 0 Å². The molecular weight excluding hydrogens is 398 g/mol. The number of ether oxygens (including phenoxy) is 2. The molecule has 2 aliphatic heterocycles. The molecule has 2 aromatic rings. The number of hydrogen-bond acceptors (Lipinski definition) is 5. The maximum absolute atomic E-state index is 12.6. The fourth-order valence-electron chi connectivity index (χ4n) is 3.75. The first-order chi connectivity index (χ1) is 14.9. The Morgan fingerprint density at radius 2 is 2.03 bits per heavy atom. The quantitative estimate of drug-likeness (QED) is 0.667. The predicted molar refractivity (Wildman–Crippen MR) is 113 cm³/mol. The van der Waals surface area contributed by atoms with Crippen molar-refractivity contribution in [2.24, 2.45) is 0 Å². The van der Waals surface area contributed by atoms with Gasteiger partial charge in [0.25, 0.3) is 5.91 Å². The lowest BCUT2D eigenvalue weighted by molar-refractivity contribution is -0.125. The summed E-state index contributed by atoms with van der Waals surface area (Å²) >= 11 is 0. The molecule has 8 nitrogen and oxygen atoms in total. The Balaban J connectivity index is 1.40.